The zero-order valence-electron chi connectivity index (χ0n) is 9.63. The fourth-order valence-corrected chi connectivity index (χ4v) is 2.84. The molecular weight excluding hydrogens is 252 g/mol. The van der Waals surface area contributed by atoms with Gasteiger partial charge >= 0.3 is 5.97 Å². The maximum Gasteiger partial charge on any atom is 0.335 e. The number of oxazole rings is 1. The van der Waals surface area contributed by atoms with Gasteiger partial charge in [0.05, 0.1) is 5.56 Å². The van der Waals surface area contributed by atoms with Crippen LogP contribution in [0.2, 0.25) is 0 Å². The summed E-state index contributed by atoms with van der Waals surface area (Å²) in [5.74, 6) is 1.18. The van der Waals surface area contributed by atoms with Gasteiger partial charge in [-0.25, -0.2) is 4.79 Å². The number of aromatic carboxylic acids is 1. The van der Waals surface area contributed by atoms with Crippen molar-refractivity contribution < 1.29 is 14.3 Å². The molecule has 0 saturated carbocycles. The first kappa shape index (κ1) is 11.4. The maximum absolute atomic E-state index is 10.9. The summed E-state index contributed by atoms with van der Waals surface area (Å²) in [6.07, 6.45) is 0. The lowest BCUT2D eigenvalue weighted by atomic mass is 10.2. The van der Waals surface area contributed by atoms with E-state index in [0.717, 1.165) is 24.6 Å². The van der Waals surface area contributed by atoms with E-state index in [0.29, 0.717) is 17.1 Å². The van der Waals surface area contributed by atoms with Crippen molar-refractivity contribution in [1.82, 2.24) is 4.98 Å². The second-order valence-electron chi connectivity index (χ2n) is 4.08. The summed E-state index contributed by atoms with van der Waals surface area (Å²) < 4.78 is 5.64. The Hall–Kier alpha value is -1.69. The molecule has 0 atom stereocenters. The van der Waals surface area contributed by atoms with Gasteiger partial charge in [0.1, 0.15) is 5.52 Å². The normalized spacial score (nSPS) is 16.1. The zero-order chi connectivity index (χ0) is 12.5. The molecule has 2 heterocycles. The highest BCUT2D eigenvalue weighted by Gasteiger charge is 2.17. The summed E-state index contributed by atoms with van der Waals surface area (Å²) >= 11 is 1.92. The largest absolute Gasteiger partial charge is 0.478 e. The van der Waals surface area contributed by atoms with Crippen molar-refractivity contribution in [2.45, 2.75) is 0 Å². The molecule has 0 aliphatic carbocycles. The standard InChI is InChI=1S/C12H12N2O3S/c15-11(16)8-1-2-9-10(7-8)17-12(13-9)14-3-5-18-6-4-14/h1-2,7H,3-6H2,(H,15,16). The van der Waals surface area contributed by atoms with Crippen molar-refractivity contribution >= 4 is 34.8 Å². The summed E-state index contributed by atoms with van der Waals surface area (Å²) in [7, 11) is 0. The number of benzene rings is 1. The number of fused-ring (bicyclic) bond motifs is 1. The van der Waals surface area contributed by atoms with Gasteiger partial charge in [-0.1, -0.05) is 0 Å². The number of hydrogen-bond acceptors (Lipinski definition) is 5. The number of carbonyl (C=O) groups is 1. The van der Waals surface area contributed by atoms with Gasteiger partial charge in [0.15, 0.2) is 5.58 Å². The lowest BCUT2D eigenvalue weighted by Gasteiger charge is -2.24. The Kier molecular flexibility index (Phi) is 2.87. The van der Waals surface area contributed by atoms with E-state index in [1.807, 2.05) is 11.8 Å². The van der Waals surface area contributed by atoms with Crippen molar-refractivity contribution in [1.29, 1.82) is 0 Å². The van der Waals surface area contributed by atoms with Crippen molar-refractivity contribution in [2.75, 3.05) is 29.5 Å². The van der Waals surface area contributed by atoms with E-state index in [2.05, 4.69) is 9.88 Å². The third kappa shape index (κ3) is 2.03. The van der Waals surface area contributed by atoms with E-state index in [-0.39, 0.29) is 5.56 Å². The quantitative estimate of drug-likeness (QED) is 0.895. The second kappa shape index (κ2) is 4.53. The van der Waals surface area contributed by atoms with E-state index in [1.54, 1.807) is 12.1 Å². The van der Waals surface area contributed by atoms with Crippen LogP contribution in [0.4, 0.5) is 6.01 Å². The SMILES string of the molecule is O=C(O)c1ccc2nc(N3CCSCC3)oc2c1. The van der Waals surface area contributed by atoms with Gasteiger partial charge in [0.25, 0.3) is 6.01 Å². The van der Waals surface area contributed by atoms with Crippen molar-refractivity contribution in [3.8, 4) is 0 Å². The van der Waals surface area contributed by atoms with Crippen LogP contribution in [-0.2, 0) is 0 Å². The van der Waals surface area contributed by atoms with Crippen LogP contribution in [0.5, 0.6) is 0 Å². The molecule has 0 unspecified atom stereocenters. The van der Waals surface area contributed by atoms with Crippen LogP contribution in [-0.4, -0.2) is 40.7 Å². The van der Waals surface area contributed by atoms with Crippen molar-refractivity contribution in [3.05, 3.63) is 23.8 Å². The average molecular weight is 264 g/mol. The Morgan fingerprint density at radius 2 is 2.17 bits per heavy atom. The average Bonchev–Trinajstić information content (AvgIpc) is 2.82. The Balaban J connectivity index is 1.97. The van der Waals surface area contributed by atoms with E-state index in [9.17, 15) is 4.79 Å². The van der Waals surface area contributed by atoms with Gasteiger partial charge in [-0.05, 0) is 18.2 Å². The van der Waals surface area contributed by atoms with Gasteiger partial charge in [0.2, 0.25) is 0 Å². The maximum atomic E-state index is 10.9. The van der Waals surface area contributed by atoms with Crippen LogP contribution < -0.4 is 4.90 Å². The lowest BCUT2D eigenvalue weighted by Crippen LogP contribution is -2.32. The molecule has 6 heteroatoms. The molecule has 94 valence electrons. The Labute approximate surface area is 108 Å². The molecule has 1 aromatic carbocycles. The number of hydrogen-bond donors (Lipinski definition) is 1. The van der Waals surface area contributed by atoms with E-state index >= 15 is 0 Å². The number of carboxylic acid groups (broad SMARTS) is 1. The van der Waals surface area contributed by atoms with E-state index < -0.39 is 5.97 Å². The number of anilines is 1. The monoisotopic (exact) mass is 264 g/mol. The van der Waals surface area contributed by atoms with Crippen LogP contribution in [0.25, 0.3) is 11.1 Å². The minimum Gasteiger partial charge on any atom is -0.478 e. The van der Waals surface area contributed by atoms with Gasteiger partial charge in [-0.15, -0.1) is 0 Å². The first-order chi connectivity index (χ1) is 8.74. The predicted octanol–water partition coefficient (Wildman–Crippen LogP) is 2.08. The predicted molar refractivity (Wildman–Crippen MR) is 70.5 cm³/mol. The molecule has 0 radical (unpaired) electrons. The number of aromatic nitrogens is 1. The van der Waals surface area contributed by atoms with Gasteiger partial charge in [0, 0.05) is 24.6 Å². The summed E-state index contributed by atoms with van der Waals surface area (Å²) in [4.78, 5) is 17.4. The highest BCUT2D eigenvalue weighted by Crippen LogP contribution is 2.24. The van der Waals surface area contributed by atoms with Crippen molar-refractivity contribution in [3.63, 3.8) is 0 Å². The van der Waals surface area contributed by atoms with Crippen LogP contribution in [0, 0.1) is 0 Å². The van der Waals surface area contributed by atoms with Gasteiger partial charge in [-0.2, -0.15) is 16.7 Å². The Bertz CT molecular complexity index is 590. The Morgan fingerprint density at radius 3 is 2.89 bits per heavy atom. The number of rotatable bonds is 2. The minimum absolute atomic E-state index is 0.222. The molecule has 0 spiro atoms. The first-order valence-corrected chi connectivity index (χ1v) is 6.86. The topological polar surface area (TPSA) is 66.6 Å². The summed E-state index contributed by atoms with van der Waals surface area (Å²) in [6.45, 7) is 1.84. The molecule has 1 aliphatic heterocycles. The molecule has 1 aromatic heterocycles. The highest BCUT2D eigenvalue weighted by molar-refractivity contribution is 7.99. The zero-order valence-corrected chi connectivity index (χ0v) is 10.4. The lowest BCUT2D eigenvalue weighted by molar-refractivity contribution is 0.0697. The summed E-state index contributed by atoms with van der Waals surface area (Å²) in [6, 6.07) is 5.34. The number of nitrogens with zero attached hydrogens (tertiary/aromatic N) is 2. The van der Waals surface area contributed by atoms with E-state index in [1.165, 1.54) is 6.07 Å². The third-order valence-corrected chi connectivity index (χ3v) is 3.85. The third-order valence-electron chi connectivity index (χ3n) is 2.91. The molecule has 2 aromatic rings. The van der Waals surface area contributed by atoms with Crippen LogP contribution in [0.15, 0.2) is 22.6 Å². The second-order valence-corrected chi connectivity index (χ2v) is 5.31. The molecule has 1 aliphatic rings. The molecular formula is C12H12N2O3S. The Morgan fingerprint density at radius 1 is 1.39 bits per heavy atom. The summed E-state index contributed by atoms with van der Waals surface area (Å²) in [5.41, 5.74) is 1.45. The number of thioether (sulfide) groups is 1. The highest BCUT2D eigenvalue weighted by atomic mass is 32.2. The number of carboxylic acids is 1. The molecule has 0 amide bonds. The van der Waals surface area contributed by atoms with Crippen molar-refractivity contribution in [2.24, 2.45) is 0 Å². The molecule has 3 rings (SSSR count). The molecule has 5 nitrogen and oxygen atoms in total. The van der Waals surface area contributed by atoms with Gasteiger partial charge in [-0.3, -0.25) is 0 Å². The smallest absolute Gasteiger partial charge is 0.335 e. The van der Waals surface area contributed by atoms with E-state index in [4.69, 9.17) is 9.52 Å². The van der Waals surface area contributed by atoms with Crippen LogP contribution >= 0.6 is 11.8 Å². The minimum atomic E-state index is -0.954. The fourth-order valence-electron chi connectivity index (χ4n) is 1.94. The van der Waals surface area contributed by atoms with Gasteiger partial charge < -0.3 is 14.4 Å². The summed E-state index contributed by atoms with van der Waals surface area (Å²) in [5, 5.41) is 8.92. The van der Waals surface area contributed by atoms with Crippen LogP contribution in [0.1, 0.15) is 10.4 Å². The molecule has 1 fully saturated rings. The van der Waals surface area contributed by atoms with Crippen LogP contribution in [0.3, 0.4) is 0 Å². The molecule has 0 bridgehead atoms. The molecule has 18 heavy (non-hydrogen) atoms. The fraction of sp³-hybridized carbons (Fsp3) is 0.333. The molecule has 1 N–H and O–H groups in total. The molecule has 1 saturated heterocycles. The first-order valence-electron chi connectivity index (χ1n) is 5.70.